The normalized spacial score (nSPS) is 10.5. The zero-order valence-corrected chi connectivity index (χ0v) is 14.0. The molecular weight excluding hydrogens is 288 g/mol. The summed E-state index contributed by atoms with van der Waals surface area (Å²) in [5.74, 6) is 0.216. The minimum atomic E-state index is -0.160. The molecule has 0 aliphatic heterocycles. The number of amides is 2. The van der Waals surface area contributed by atoms with Crippen molar-refractivity contribution in [3.8, 4) is 0 Å². The van der Waals surface area contributed by atoms with E-state index < -0.39 is 0 Å². The highest BCUT2D eigenvalue weighted by molar-refractivity contribution is 6.04. The molecule has 2 aromatic carbocycles. The Hall–Kier alpha value is -2.62. The van der Waals surface area contributed by atoms with Crippen LogP contribution in [0.1, 0.15) is 46.0 Å². The highest BCUT2D eigenvalue weighted by Gasteiger charge is 2.09. The third kappa shape index (κ3) is 4.19. The van der Waals surface area contributed by atoms with Gasteiger partial charge in [0.15, 0.2) is 0 Å². The summed E-state index contributed by atoms with van der Waals surface area (Å²) < 4.78 is 0. The van der Waals surface area contributed by atoms with Gasteiger partial charge in [-0.2, -0.15) is 0 Å². The molecule has 0 atom stereocenters. The number of benzene rings is 2. The van der Waals surface area contributed by atoms with Crippen molar-refractivity contribution in [2.45, 2.75) is 19.8 Å². The zero-order valence-electron chi connectivity index (χ0n) is 14.0. The van der Waals surface area contributed by atoms with E-state index in [9.17, 15) is 9.59 Å². The predicted molar refractivity (Wildman–Crippen MR) is 92.9 cm³/mol. The standard InChI is InChI=1S/C19H22N2O2/c1-13(2)14-5-7-15(8-6-14)18(22)20-17-11-9-16(10-12-17)19(23)21(3)4/h5-13H,1-4H3,(H,20,22). The first-order valence-corrected chi connectivity index (χ1v) is 7.61. The fourth-order valence-corrected chi connectivity index (χ4v) is 2.18. The quantitative estimate of drug-likeness (QED) is 0.934. The molecule has 0 aromatic heterocycles. The Morgan fingerprint density at radius 3 is 1.87 bits per heavy atom. The summed E-state index contributed by atoms with van der Waals surface area (Å²) in [5, 5.41) is 2.84. The first-order valence-electron chi connectivity index (χ1n) is 7.61. The van der Waals surface area contributed by atoms with Crippen molar-refractivity contribution in [2.24, 2.45) is 0 Å². The van der Waals surface area contributed by atoms with Gasteiger partial charge in [0.1, 0.15) is 0 Å². The molecule has 23 heavy (non-hydrogen) atoms. The van der Waals surface area contributed by atoms with Crippen LogP contribution in [0.2, 0.25) is 0 Å². The molecule has 0 saturated carbocycles. The summed E-state index contributed by atoms with van der Waals surface area (Å²) in [5.41, 5.74) is 3.07. The molecule has 1 N–H and O–H groups in total. The van der Waals surface area contributed by atoms with E-state index in [4.69, 9.17) is 0 Å². The molecule has 0 unspecified atom stereocenters. The second-order valence-corrected chi connectivity index (χ2v) is 6.01. The molecule has 0 spiro atoms. The summed E-state index contributed by atoms with van der Waals surface area (Å²) in [6, 6.07) is 14.5. The minimum Gasteiger partial charge on any atom is -0.345 e. The molecule has 4 heteroatoms. The monoisotopic (exact) mass is 310 g/mol. The molecule has 0 aliphatic carbocycles. The molecule has 0 radical (unpaired) electrons. The van der Waals surface area contributed by atoms with Crippen molar-refractivity contribution in [3.05, 3.63) is 65.2 Å². The van der Waals surface area contributed by atoms with Crippen molar-refractivity contribution in [2.75, 3.05) is 19.4 Å². The number of nitrogens with zero attached hydrogens (tertiary/aromatic N) is 1. The van der Waals surface area contributed by atoms with E-state index in [0.717, 1.165) is 0 Å². The minimum absolute atomic E-state index is 0.0628. The van der Waals surface area contributed by atoms with Crippen LogP contribution < -0.4 is 5.32 Å². The molecule has 2 aromatic rings. The number of carbonyl (C=O) groups excluding carboxylic acids is 2. The maximum Gasteiger partial charge on any atom is 0.255 e. The molecule has 0 heterocycles. The number of rotatable bonds is 4. The van der Waals surface area contributed by atoms with Gasteiger partial charge in [-0.25, -0.2) is 0 Å². The number of hydrogen-bond acceptors (Lipinski definition) is 2. The van der Waals surface area contributed by atoms with Crippen LogP contribution >= 0.6 is 0 Å². The van der Waals surface area contributed by atoms with E-state index in [1.807, 2.05) is 24.3 Å². The van der Waals surface area contributed by atoms with Gasteiger partial charge in [0, 0.05) is 30.9 Å². The van der Waals surface area contributed by atoms with E-state index in [1.54, 1.807) is 38.4 Å². The molecule has 0 aliphatic rings. The Labute approximate surface area is 137 Å². The number of hydrogen-bond donors (Lipinski definition) is 1. The van der Waals surface area contributed by atoms with E-state index in [0.29, 0.717) is 22.7 Å². The van der Waals surface area contributed by atoms with Gasteiger partial charge in [-0.15, -0.1) is 0 Å². The van der Waals surface area contributed by atoms with Crippen LogP contribution in [-0.2, 0) is 0 Å². The van der Waals surface area contributed by atoms with Gasteiger partial charge in [-0.3, -0.25) is 9.59 Å². The third-order valence-electron chi connectivity index (χ3n) is 3.64. The van der Waals surface area contributed by atoms with Crippen LogP contribution in [0.5, 0.6) is 0 Å². The maximum atomic E-state index is 12.2. The van der Waals surface area contributed by atoms with Gasteiger partial charge < -0.3 is 10.2 Å². The summed E-state index contributed by atoms with van der Waals surface area (Å²) in [4.78, 5) is 25.6. The summed E-state index contributed by atoms with van der Waals surface area (Å²) in [7, 11) is 3.41. The molecule has 0 saturated heterocycles. The Morgan fingerprint density at radius 2 is 1.39 bits per heavy atom. The molecule has 0 bridgehead atoms. The summed E-state index contributed by atoms with van der Waals surface area (Å²) in [6.45, 7) is 4.23. The van der Waals surface area contributed by atoms with Gasteiger partial charge in [0.05, 0.1) is 0 Å². The first kappa shape index (κ1) is 16.7. The largest absolute Gasteiger partial charge is 0.345 e. The Bertz CT molecular complexity index is 686. The summed E-state index contributed by atoms with van der Waals surface area (Å²) in [6.07, 6.45) is 0. The van der Waals surface area contributed by atoms with Crippen LogP contribution in [0, 0.1) is 0 Å². The predicted octanol–water partition coefficient (Wildman–Crippen LogP) is 3.76. The highest BCUT2D eigenvalue weighted by Crippen LogP contribution is 2.16. The second kappa shape index (κ2) is 7.09. The average Bonchev–Trinajstić information content (AvgIpc) is 2.54. The fourth-order valence-electron chi connectivity index (χ4n) is 2.18. The zero-order chi connectivity index (χ0) is 17.0. The molecule has 120 valence electrons. The second-order valence-electron chi connectivity index (χ2n) is 6.01. The first-order chi connectivity index (χ1) is 10.9. The van der Waals surface area contributed by atoms with Crippen molar-refractivity contribution >= 4 is 17.5 Å². The Morgan fingerprint density at radius 1 is 0.870 bits per heavy atom. The lowest BCUT2D eigenvalue weighted by Gasteiger charge is -2.11. The topological polar surface area (TPSA) is 49.4 Å². The molecular formula is C19H22N2O2. The van der Waals surface area contributed by atoms with Gasteiger partial charge >= 0.3 is 0 Å². The van der Waals surface area contributed by atoms with Crippen molar-refractivity contribution < 1.29 is 9.59 Å². The van der Waals surface area contributed by atoms with Crippen LogP contribution in [0.4, 0.5) is 5.69 Å². The van der Waals surface area contributed by atoms with Gasteiger partial charge in [-0.1, -0.05) is 26.0 Å². The highest BCUT2D eigenvalue weighted by atomic mass is 16.2. The SMILES string of the molecule is CC(C)c1ccc(C(=O)Nc2ccc(C(=O)N(C)C)cc2)cc1. The lowest BCUT2D eigenvalue weighted by atomic mass is 10.0. The van der Waals surface area contributed by atoms with E-state index in [-0.39, 0.29) is 11.8 Å². The van der Waals surface area contributed by atoms with Gasteiger partial charge in [0.2, 0.25) is 0 Å². The maximum absolute atomic E-state index is 12.2. The molecule has 4 nitrogen and oxygen atoms in total. The fraction of sp³-hybridized carbons (Fsp3) is 0.263. The number of anilines is 1. The van der Waals surface area contributed by atoms with Crippen molar-refractivity contribution in [1.82, 2.24) is 4.90 Å². The van der Waals surface area contributed by atoms with Gasteiger partial charge in [-0.05, 0) is 47.9 Å². The number of carbonyl (C=O) groups is 2. The van der Waals surface area contributed by atoms with Crippen molar-refractivity contribution in [1.29, 1.82) is 0 Å². The van der Waals surface area contributed by atoms with E-state index in [2.05, 4.69) is 19.2 Å². The lowest BCUT2D eigenvalue weighted by Crippen LogP contribution is -2.21. The van der Waals surface area contributed by atoms with Crippen LogP contribution in [0.3, 0.4) is 0 Å². The Kier molecular flexibility index (Phi) is 5.16. The van der Waals surface area contributed by atoms with E-state index in [1.165, 1.54) is 10.5 Å². The molecule has 0 fully saturated rings. The molecule has 2 amide bonds. The Balaban J connectivity index is 2.06. The van der Waals surface area contributed by atoms with Crippen LogP contribution in [0.15, 0.2) is 48.5 Å². The van der Waals surface area contributed by atoms with E-state index >= 15 is 0 Å². The lowest BCUT2D eigenvalue weighted by molar-refractivity contribution is 0.0827. The van der Waals surface area contributed by atoms with Gasteiger partial charge in [0.25, 0.3) is 11.8 Å². The average molecular weight is 310 g/mol. The number of nitrogens with one attached hydrogen (secondary N) is 1. The van der Waals surface area contributed by atoms with Crippen LogP contribution in [-0.4, -0.2) is 30.8 Å². The summed E-state index contributed by atoms with van der Waals surface area (Å²) >= 11 is 0. The smallest absolute Gasteiger partial charge is 0.255 e. The van der Waals surface area contributed by atoms with Crippen molar-refractivity contribution in [3.63, 3.8) is 0 Å². The third-order valence-corrected chi connectivity index (χ3v) is 3.64. The van der Waals surface area contributed by atoms with Crippen LogP contribution in [0.25, 0.3) is 0 Å². The molecule has 2 rings (SSSR count).